The standard InChI is InChI=1S/C15H22N2O2/c16-9-4-10-19-14-8-3-5-12(11-14)15(18)17-13-6-1-2-7-13/h3,5,8,11,13H,1-2,4,6-7,9-10,16H2,(H,17,18). The summed E-state index contributed by atoms with van der Waals surface area (Å²) in [4.78, 5) is 12.1. The molecule has 1 aromatic carbocycles. The third-order valence-corrected chi connectivity index (χ3v) is 3.40. The van der Waals surface area contributed by atoms with Gasteiger partial charge in [-0.25, -0.2) is 0 Å². The average Bonchev–Trinajstić information content (AvgIpc) is 2.92. The molecule has 2 rings (SSSR count). The zero-order chi connectivity index (χ0) is 13.5. The van der Waals surface area contributed by atoms with E-state index in [-0.39, 0.29) is 5.91 Å². The molecule has 1 aliphatic carbocycles. The van der Waals surface area contributed by atoms with Gasteiger partial charge >= 0.3 is 0 Å². The maximum Gasteiger partial charge on any atom is 0.251 e. The Balaban J connectivity index is 1.91. The summed E-state index contributed by atoms with van der Waals surface area (Å²) in [6.45, 7) is 1.20. The summed E-state index contributed by atoms with van der Waals surface area (Å²) >= 11 is 0. The summed E-state index contributed by atoms with van der Waals surface area (Å²) < 4.78 is 5.55. The monoisotopic (exact) mass is 262 g/mol. The molecule has 0 aliphatic heterocycles. The fourth-order valence-electron chi connectivity index (χ4n) is 2.34. The van der Waals surface area contributed by atoms with Crippen molar-refractivity contribution in [2.24, 2.45) is 5.73 Å². The number of rotatable bonds is 6. The van der Waals surface area contributed by atoms with Crippen LogP contribution >= 0.6 is 0 Å². The zero-order valence-corrected chi connectivity index (χ0v) is 11.2. The Bertz CT molecular complexity index is 414. The van der Waals surface area contributed by atoms with Gasteiger partial charge in [-0.05, 0) is 44.0 Å². The van der Waals surface area contributed by atoms with E-state index in [1.807, 2.05) is 18.2 Å². The molecule has 0 heterocycles. The van der Waals surface area contributed by atoms with Crippen molar-refractivity contribution in [1.29, 1.82) is 0 Å². The second-order valence-electron chi connectivity index (χ2n) is 4.97. The second-order valence-corrected chi connectivity index (χ2v) is 4.97. The Hall–Kier alpha value is -1.55. The van der Waals surface area contributed by atoms with Gasteiger partial charge in [-0.2, -0.15) is 0 Å². The van der Waals surface area contributed by atoms with E-state index in [0.717, 1.165) is 25.0 Å². The number of hydrogen-bond donors (Lipinski definition) is 2. The van der Waals surface area contributed by atoms with Crippen molar-refractivity contribution in [3.63, 3.8) is 0 Å². The topological polar surface area (TPSA) is 64.3 Å². The Morgan fingerprint density at radius 2 is 2.16 bits per heavy atom. The molecular formula is C15H22N2O2. The smallest absolute Gasteiger partial charge is 0.251 e. The third kappa shape index (κ3) is 4.24. The predicted molar refractivity (Wildman–Crippen MR) is 75.3 cm³/mol. The summed E-state index contributed by atoms with van der Waals surface area (Å²) in [5.74, 6) is 0.726. The molecule has 0 radical (unpaired) electrons. The van der Waals surface area contributed by atoms with Crippen molar-refractivity contribution in [2.75, 3.05) is 13.2 Å². The van der Waals surface area contributed by atoms with Crippen molar-refractivity contribution in [3.8, 4) is 5.75 Å². The lowest BCUT2D eigenvalue weighted by Crippen LogP contribution is -2.32. The van der Waals surface area contributed by atoms with Crippen molar-refractivity contribution in [3.05, 3.63) is 29.8 Å². The van der Waals surface area contributed by atoms with Crippen LogP contribution in [0.3, 0.4) is 0 Å². The lowest BCUT2D eigenvalue weighted by Gasteiger charge is -2.12. The summed E-state index contributed by atoms with van der Waals surface area (Å²) in [5.41, 5.74) is 6.08. The first-order chi connectivity index (χ1) is 9.29. The minimum absolute atomic E-state index is 0.00354. The fourth-order valence-corrected chi connectivity index (χ4v) is 2.34. The molecule has 1 saturated carbocycles. The molecule has 1 aliphatic rings. The van der Waals surface area contributed by atoms with Crippen LogP contribution in [0.25, 0.3) is 0 Å². The zero-order valence-electron chi connectivity index (χ0n) is 11.2. The number of carbonyl (C=O) groups excluding carboxylic acids is 1. The molecule has 0 saturated heterocycles. The number of amides is 1. The number of ether oxygens (including phenoxy) is 1. The van der Waals surface area contributed by atoms with Gasteiger partial charge in [0.2, 0.25) is 0 Å². The molecule has 4 heteroatoms. The molecule has 1 aromatic rings. The summed E-state index contributed by atoms with van der Waals surface area (Å²) in [7, 11) is 0. The van der Waals surface area contributed by atoms with E-state index in [9.17, 15) is 4.79 Å². The van der Waals surface area contributed by atoms with Crippen LogP contribution in [0.1, 0.15) is 42.5 Å². The molecule has 1 fully saturated rings. The second kappa shape index (κ2) is 7.14. The van der Waals surface area contributed by atoms with Gasteiger partial charge in [-0.3, -0.25) is 4.79 Å². The first kappa shape index (κ1) is 13.9. The maximum atomic E-state index is 12.1. The van der Waals surface area contributed by atoms with Crippen molar-refractivity contribution in [2.45, 2.75) is 38.1 Å². The number of hydrogen-bond acceptors (Lipinski definition) is 3. The molecule has 1 amide bonds. The normalized spacial score (nSPS) is 15.4. The number of benzene rings is 1. The van der Waals surface area contributed by atoms with E-state index in [0.29, 0.717) is 24.8 Å². The Morgan fingerprint density at radius 3 is 2.89 bits per heavy atom. The highest BCUT2D eigenvalue weighted by molar-refractivity contribution is 5.94. The maximum absolute atomic E-state index is 12.1. The highest BCUT2D eigenvalue weighted by atomic mass is 16.5. The van der Waals surface area contributed by atoms with Gasteiger partial charge in [0.1, 0.15) is 5.75 Å². The number of nitrogens with two attached hydrogens (primary N) is 1. The molecule has 0 spiro atoms. The van der Waals surface area contributed by atoms with Crippen LogP contribution in [-0.4, -0.2) is 25.1 Å². The van der Waals surface area contributed by atoms with Crippen LogP contribution in [-0.2, 0) is 0 Å². The number of carbonyl (C=O) groups is 1. The van der Waals surface area contributed by atoms with Gasteiger partial charge in [0.25, 0.3) is 5.91 Å². The average molecular weight is 262 g/mol. The van der Waals surface area contributed by atoms with E-state index < -0.39 is 0 Å². The minimum Gasteiger partial charge on any atom is -0.494 e. The SMILES string of the molecule is NCCCOc1cccc(C(=O)NC2CCCC2)c1. The fraction of sp³-hybridized carbons (Fsp3) is 0.533. The highest BCUT2D eigenvalue weighted by Crippen LogP contribution is 2.19. The molecular weight excluding hydrogens is 240 g/mol. The third-order valence-electron chi connectivity index (χ3n) is 3.40. The van der Waals surface area contributed by atoms with Crippen LogP contribution in [0.4, 0.5) is 0 Å². The molecule has 0 aromatic heterocycles. The molecule has 4 nitrogen and oxygen atoms in total. The summed E-state index contributed by atoms with van der Waals surface area (Å²) in [5, 5.41) is 3.08. The van der Waals surface area contributed by atoms with Crippen molar-refractivity contribution in [1.82, 2.24) is 5.32 Å². The van der Waals surface area contributed by atoms with Gasteiger partial charge < -0.3 is 15.8 Å². The van der Waals surface area contributed by atoms with Gasteiger partial charge in [0.15, 0.2) is 0 Å². The Morgan fingerprint density at radius 1 is 1.37 bits per heavy atom. The first-order valence-corrected chi connectivity index (χ1v) is 7.03. The van der Waals surface area contributed by atoms with Gasteiger partial charge in [-0.15, -0.1) is 0 Å². The Kier molecular flexibility index (Phi) is 5.21. The lowest BCUT2D eigenvalue weighted by atomic mass is 10.1. The van der Waals surface area contributed by atoms with Gasteiger partial charge in [-0.1, -0.05) is 18.9 Å². The van der Waals surface area contributed by atoms with E-state index in [2.05, 4.69) is 5.32 Å². The van der Waals surface area contributed by atoms with Crippen LogP contribution in [0.2, 0.25) is 0 Å². The molecule has 19 heavy (non-hydrogen) atoms. The molecule has 0 unspecified atom stereocenters. The van der Waals surface area contributed by atoms with Gasteiger partial charge in [0.05, 0.1) is 6.61 Å². The minimum atomic E-state index is -0.00354. The molecule has 3 N–H and O–H groups in total. The molecule has 0 bridgehead atoms. The van der Waals surface area contributed by atoms with Gasteiger partial charge in [0, 0.05) is 11.6 Å². The molecule has 0 atom stereocenters. The highest BCUT2D eigenvalue weighted by Gasteiger charge is 2.18. The van der Waals surface area contributed by atoms with E-state index in [1.54, 1.807) is 6.07 Å². The lowest BCUT2D eigenvalue weighted by molar-refractivity contribution is 0.0937. The van der Waals surface area contributed by atoms with E-state index in [4.69, 9.17) is 10.5 Å². The number of nitrogens with one attached hydrogen (secondary N) is 1. The van der Waals surface area contributed by atoms with Crippen LogP contribution < -0.4 is 15.8 Å². The summed E-state index contributed by atoms with van der Waals surface area (Å²) in [6.07, 6.45) is 5.44. The Labute approximate surface area is 114 Å². The summed E-state index contributed by atoms with van der Waals surface area (Å²) in [6, 6.07) is 7.67. The first-order valence-electron chi connectivity index (χ1n) is 7.03. The molecule has 104 valence electrons. The largest absolute Gasteiger partial charge is 0.494 e. The van der Waals surface area contributed by atoms with Crippen LogP contribution in [0.15, 0.2) is 24.3 Å². The van der Waals surface area contributed by atoms with Crippen molar-refractivity contribution >= 4 is 5.91 Å². The van der Waals surface area contributed by atoms with Crippen LogP contribution in [0, 0.1) is 0 Å². The quantitative estimate of drug-likeness (QED) is 0.772. The van der Waals surface area contributed by atoms with E-state index >= 15 is 0 Å². The predicted octanol–water partition coefficient (Wildman–Crippen LogP) is 2.09. The van der Waals surface area contributed by atoms with Crippen molar-refractivity contribution < 1.29 is 9.53 Å². The van der Waals surface area contributed by atoms with Crippen LogP contribution in [0.5, 0.6) is 5.75 Å². The van der Waals surface area contributed by atoms with E-state index in [1.165, 1.54) is 12.8 Å².